The zero-order valence-electron chi connectivity index (χ0n) is 9.83. The highest BCUT2D eigenvalue weighted by molar-refractivity contribution is 8.03. The molecule has 6 heteroatoms. The third-order valence-corrected chi connectivity index (χ3v) is 7.22. The van der Waals surface area contributed by atoms with Gasteiger partial charge in [-0.05, 0) is 17.9 Å². The molecule has 1 atom stereocenters. The van der Waals surface area contributed by atoms with Gasteiger partial charge in [0.05, 0.1) is 0 Å². The minimum atomic E-state index is 0.651. The maximum atomic E-state index is 4.21. The summed E-state index contributed by atoms with van der Waals surface area (Å²) < 4.78 is 2.15. The Morgan fingerprint density at radius 2 is 2.11 bits per heavy atom. The Kier molecular flexibility index (Phi) is 4.18. The second-order valence-electron chi connectivity index (χ2n) is 3.89. The van der Waals surface area contributed by atoms with Crippen LogP contribution in [0.5, 0.6) is 0 Å². The van der Waals surface area contributed by atoms with Crippen LogP contribution in [0.4, 0.5) is 0 Å². The van der Waals surface area contributed by atoms with E-state index in [4.69, 9.17) is 0 Å². The second kappa shape index (κ2) is 5.86. The maximum Gasteiger partial charge on any atom is 0.175 e. The number of thioether (sulfide) groups is 3. The van der Waals surface area contributed by atoms with Crippen molar-refractivity contribution in [3.8, 4) is 0 Å². The minimum absolute atomic E-state index is 0.651. The van der Waals surface area contributed by atoms with Crippen molar-refractivity contribution in [1.29, 1.82) is 0 Å². The molecule has 0 spiro atoms. The molecule has 0 radical (unpaired) electrons. The molecule has 0 saturated heterocycles. The maximum absolute atomic E-state index is 4.21. The number of hydrogen-bond donors (Lipinski definition) is 0. The summed E-state index contributed by atoms with van der Waals surface area (Å²) in [5, 5.41) is 8.34. The fourth-order valence-corrected chi connectivity index (χ4v) is 5.86. The Balaban J connectivity index is 1.65. The lowest BCUT2D eigenvalue weighted by Crippen LogP contribution is -1.99. The molecule has 18 heavy (non-hydrogen) atoms. The number of aromatic nitrogens is 2. The summed E-state index contributed by atoms with van der Waals surface area (Å²) in [6.45, 7) is 0. The van der Waals surface area contributed by atoms with Crippen molar-refractivity contribution in [2.75, 3.05) is 17.8 Å². The molecule has 2 heterocycles. The van der Waals surface area contributed by atoms with Crippen molar-refractivity contribution < 1.29 is 0 Å². The molecule has 1 aliphatic heterocycles. The molecule has 1 aromatic carbocycles. The number of hydrogen-bond acceptors (Lipinski definition) is 6. The Morgan fingerprint density at radius 1 is 1.28 bits per heavy atom. The monoisotopic (exact) mass is 312 g/mol. The lowest BCUT2D eigenvalue weighted by atomic mass is 10.0. The van der Waals surface area contributed by atoms with Crippen molar-refractivity contribution in [3.05, 3.63) is 29.8 Å². The van der Waals surface area contributed by atoms with Crippen LogP contribution in [0, 0.1) is 0 Å². The fraction of sp³-hybridized carbons (Fsp3) is 0.333. The minimum Gasteiger partial charge on any atom is -0.131 e. The van der Waals surface area contributed by atoms with Gasteiger partial charge in [-0.25, -0.2) is 0 Å². The van der Waals surface area contributed by atoms with E-state index < -0.39 is 0 Å². The summed E-state index contributed by atoms with van der Waals surface area (Å²) in [6, 6.07) is 8.74. The van der Waals surface area contributed by atoms with Gasteiger partial charge in [0.1, 0.15) is 0 Å². The third-order valence-electron chi connectivity index (χ3n) is 2.77. The molecule has 2 nitrogen and oxygen atoms in total. The van der Waals surface area contributed by atoms with Crippen LogP contribution in [-0.4, -0.2) is 28.0 Å². The van der Waals surface area contributed by atoms with Crippen molar-refractivity contribution in [2.24, 2.45) is 0 Å². The predicted molar refractivity (Wildman–Crippen MR) is 82.3 cm³/mol. The molecule has 0 saturated carbocycles. The molecule has 1 aliphatic rings. The van der Waals surface area contributed by atoms with E-state index in [0.717, 1.165) is 14.4 Å². The van der Waals surface area contributed by atoms with Crippen molar-refractivity contribution in [1.82, 2.24) is 10.2 Å². The summed E-state index contributed by atoms with van der Waals surface area (Å²) in [7, 11) is 0. The number of nitrogens with zero attached hydrogens (tertiary/aromatic N) is 2. The van der Waals surface area contributed by atoms with E-state index in [1.54, 1.807) is 23.1 Å². The first-order valence-corrected chi connectivity index (χ1v) is 9.60. The van der Waals surface area contributed by atoms with E-state index >= 15 is 0 Å². The quantitative estimate of drug-likeness (QED) is 0.787. The molecular formula is C12H12N2S4. The van der Waals surface area contributed by atoms with Gasteiger partial charge >= 0.3 is 0 Å². The van der Waals surface area contributed by atoms with Crippen LogP contribution >= 0.6 is 46.6 Å². The van der Waals surface area contributed by atoms with Crippen molar-refractivity contribution >= 4 is 46.6 Å². The topological polar surface area (TPSA) is 25.8 Å². The zero-order chi connectivity index (χ0) is 12.4. The normalized spacial score (nSPS) is 17.9. The molecule has 3 rings (SSSR count). The molecule has 0 aliphatic carbocycles. The summed E-state index contributed by atoms with van der Waals surface area (Å²) in [5.41, 5.74) is 1.50. The number of fused-ring (bicyclic) bond motifs is 1. The van der Waals surface area contributed by atoms with Crippen LogP contribution in [0.25, 0.3) is 0 Å². The predicted octanol–water partition coefficient (Wildman–Crippen LogP) is 4.24. The van der Waals surface area contributed by atoms with Gasteiger partial charge < -0.3 is 0 Å². The summed E-state index contributed by atoms with van der Waals surface area (Å²) in [4.78, 5) is 1.45. The van der Waals surface area contributed by atoms with E-state index in [0.29, 0.717) is 5.92 Å². The van der Waals surface area contributed by atoms with Gasteiger partial charge in [0.15, 0.2) is 8.68 Å². The molecule has 1 unspecified atom stereocenters. The average Bonchev–Trinajstić information content (AvgIpc) is 3.03. The Labute approximate surface area is 123 Å². The van der Waals surface area contributed by atoms with Crippen LogP contribution in [0.3, 0.4) is 0 Å². The van der Waals surface area contributed by atoms with Gasteiger partial charge in [-0.15, -0.1) is 22.0 Å². The lowest BCUT2D eigenvalue weighted by molar-refractivity contribution is 0.891. The highest BCUT2D eigenvalue weighted by Gasteiger charge is 2.23. The molecule has 1 aromatic heterocycles. The summed E-state index contributed by atoms with van der Waals surface area (Å²) in [6.07, 6.45) is 2.04. The van der Waals surface area contributed by atoms with Crippen LogP contribution < -0.4 is 0 Å². The van der Waals surface area contributed by atoms with E-state index in [2.05, 4.69) is 34.5 Å². The molecular weight excluding hydrogens is 300 g/mol. The Hall–Kier alpha value is -0.170. The van der Waals surface area contributed by atoms with Crippen LogP contribution in [0.2, 0.25) is 0 Å². The largest absolute Gasteiger partial charge is 0.175 e. The first kappa shape index (κ1) is 12.8. The standard InChI is InChI=1S/C12H12N2S4/c1-15-11-13-14-12(18-11)17-7-8-6-16-10-5-3-2-4-9(8)10/h2-5,8H,6-7H2,1H3. The Morgan fingerprint density at radius 3 is 2.94 bits per heavy atom. The molecule has 0 bridgehead atoms. The SMILES string of the molecule is CSc1nnc(SCC2CSc3ccccc32)s1. The molecule has 94 valence electrons. The van der Waals surface area contributed by atoms with E-state index in [1.807, 2.05) is 29.8 Å². The zero-order valence-corrected chi connectivity index (χ0v) is 13.1. The van der Waals surface area contributed by atoms with Gasteiger partial charge in [-0.1, -0.05) is 53.1 Å². The summed E-state index contributed by atoms with van der Waals surface area (Å²) >= 11 is 7.16. The number of rotatable bonds is 4. The van der Waals surface area contributed by atoms with Gasteiger partial charge in [0.25, 0.3) is 0 Å². The van der Waals surface area contributed by atoms with Gasteiger partial charge in [0.2, 0.25) is 0 Å². The first-order valence-electron chi connectivity index (χ1n) is 5.59. The van der Waals surface area contributed by atoms with Crippen molar-refractivity contribution in [3.63, 3.8) is 0 Å². The number of benzene rings is 1. The van der Waals surface area contributed by atoms with Crippen molar-refractivity contribution in [2.45, 2.75) is 19.5 Å². The molecule has 0 fully saturated rings. The molecule has 2 aromatic rings. The van der Waals surface area contributed by atoms with E-state index in [-0.39, 0.29) is 0 Å². The average molecular weight is 313 g/mol. The van der Waals surface area contributed by atoms with Gasteiger partial charge in [0, 0.05) is 22.3 Å². The van der Waals surface area contributed by atoms with Gasteiger partial charge in [-0.2, -0.15) is 0 Å². The lowest BCUT2D eigenvalue weighted by Gasteiger charge is -2.08. The second-order valence-corrected chi connectivity index (χ2v) is 8.25. The third kappa shape index (κ3) is 2.71. The van der Waals surface area contributed by atoms with Crippen LogP contribution in [-0.2, 0) is 0 Å². The first-order chi connectivity index (χ1) is 8.86. The van der Waals surface area contributed by atoms with E-state index in [1.165, 1.54) is 16.2 Å². The van der Waals surface area contributed by atoms with Crippen LogP contribution in [0.15, 0.2) is 37.8 Å². The van der Waals surface area contributed by atoms with Crippen LogP contribution in [0.1, 0.15) is 11.5 Å². The molecule has 0 amide bonds. The summed E-state index contributed by atoms with van der Waals surface area (Å²) in [5.74, 6) is 2.95. The highest BCUT2D eigenvalue weighted by atomic mass is 32.2. The molecule has 0 N–H and O–H groups in total. The van der Waals surface area contributed by atoms with Gasteiger partial charge in [-0.3, -0.25) is 0 Å². The smallest absolute Gasteiger partial charge is 0.131 e. The van der Waals surface area contributed by atoms with E-state index in [9.17, 15) is 0 Å². The highest BCUT2D eigenvalue weighted by Crippen LogP contribution is 2.42. The fourth-order valence-electron chi connectivity index (χ4n) is 1.88. The Bertz CT molecular complexity index is 540.